The van der Waals surface area contributed by atoms with Gasteiger partial charge < -0.3 is 25.2 Å². The Labute approximate surface area is 256 Å². The average molecular weight is 589 g/mol. The van der Waals surface area contributed by atoms with Crippen LogP contribution in [-0.2, 0) is 9.53 Å². The Hall–Kier alpha value is -3.19. The van der Waals surface area contributed by atoms with Gasteiger partial charge in [0.2, 0.25) is 0 Å². The number of phenols is 1. The molecule has 1 aliphatic heterocycles. The average Bonchev–Trinajstić information content (AvgIpc) is 3.13. The van der Waals surface area contributed by atoms with E-state index in [-0.39, 0.29) is 40.8 Å². The van der Waals surface area contributed by atoms with Gasteiger partial charge in [-0.05, 0) is 62.6 Å². The SMILES string of the molecule is CC1=CC2C(C3C1\C=C/C=C/C=C\C(O)C(C)C(O)C/C=C(C)/C=C/C(=O)OC3c1ccc(O)cc1)C(C)(C)CC2(C)O. The topological polar surface area (TPSA) is 107 Å². The standard InChI is InChI=1S/C37H48O6/c1-23-13-19-31(40)25(3)30(39)12-10-8-7-9-11-28-24(2)21-29-34(36(4,5)22-37(29,6)42)33(28)35(43-32(41)20-14-23)26-15-17-27(38)18-16-26/h7-18,20-21,25,28-31,33-35,38-40,42H,19,22H2,1-6H3/b8-7+,11-9-,12-10-,20-14+,23-13+. The van der Waals surface area contributed by atoms with Gasteiger partial charge in [-0.25, -0.2) is 4.79 Å². The second kappa shape index (κ2) is 13.2. The van der Waals surface area contributed by atoms with Crippen molar-refractivity contribution in [2.24, 2.45) is 35.0 Å². The van der Waals surface area contributed by atoms with E-state index in [2.05, 4.69) is 32.9 Å². The fraction of sp³-hybridized carbons (Fsp3) is 0.486. The van der Waals surface area contributed by atoms with Crippen LogP contribution >= 0.6 is 0 Å². The lowest BCUT2D eigenvalue weighted by Crippen LogP contribution is -2.44. The van der Waals surface area contributed by atoms with Gasteiger partial charge in [0.15, 0.2) is 0 Å². The van der Waals surface area contributed by atoms with Crippen molar-refractivity contribution in [2.75, 3.05) is 0 Å². The van der Waals surface area contributed by atoms with Crippen LogP contribution in [0.4, 0.5) is 0 Å². The molecule has 0 spiro atoms. The van der Waals surface area contributed by atoms with E-state index in [0.717, 1.165) is 16.7 Å². The fourth-order valence-electron chi connectivity index (χ4n) is 7.53. The predicted octanol–water partition coefficient (Wildman–Crippen LogP) is 6.51. The summed E-state index contributed by atoms with van der Waals surface area (Å²) in [7, 11) is 0. The van der Waals surface area contributed by atoms with E-state index in [1.807, 2.05) is 38.2 Å². The summed E-state index contributed by atoms with van der Waals surface area (Å²) < 4.78 is 6.34. The van der Waals surface area contributed by atoms with Gasteiger partial charge in [0.1, 0.15) is 11.9 Å². The molecule has 1 heterocycles. The molecular weight excluding hydrogens is 540 g/mol. The largest absolute Gasteiger partial charge is 0.508 e. The molecule has 1 fully saturated rings. The van der Waals surface area contributed by atoms with Gasteiger partial charge >= 0.3 is 5.97 Å². The molecule has 1 aromatic rings. The quantitative estimate of drug-likeness (QED) is 0.220. The second-order valence-electron chi connectivity index (χ2n) is 13.6. The van der Waals surface area contributed by atoms with Gasteiger partial charge in [-0.2, -0.15) is 0 Å². The molecule has 9 atom stereocenters. The zero-order valence-electron chi connectivity index (χ0n) is 26.2. The van der Waals surface area contributed by atoms with Crippen LogP contribution in [0.5, 0.6) is 5.75 Å². The van der Waals surface area contributed by atoms with E-state index >= 15 is 0 Å². The van der Waals surface area contributed by atoms with Crippen molar-refractivity contribution in [3.63, 3.8) is 0 Å². The Bertz CT molecular complexity index is 1330. The van der Waals surface area contributed by atoms with Crippen LogP contribution in [-0.4, -0.2) is 44.2 Å². The van der Waals surface area contributed by atoms with Crippen molar-refractivity contribution in [1.29, 1.82) is 0 Å². The van der Waals surface area contributed by atoms with E-state index in [9.17, 15) is 25.2 Å². The maximum absolute atomic E-state index is 13.4. The first kappa shape index (κ1) is 32.7. The van der Waals surface area contributed by atoms with Gasteiger partial charge in [0, 0.05) is 29.7 Å². The molecule has 0 radical (unpaired) electrons. The van der Waals surface area contributed by atoms with Gasteiger partial charge in [0.25, 0.3) is 0 Å². The minimum absolute atomic E-state index is 0.00540. The molecule has 232 valence electrons. The van der Waals surface area contributed by atoms with Crippen LogP contribution in [0.2, 0.25) is 0 Å². The Morgan fingerprint density at radius 2 is 1.58 bits per heavy atom. The number of cyclic esters (lactones) is 1. The number of ether oxygens (including phenoxy) is 1. The molecule has 0 saturated heterocycles. The number of benzene rings is 1. The smallest absolute Gasteiger partial charge is 0.331 e. The molecule has 0 amide bonds. The molecular formula is C37H48O6. The molecule has 0 aromatic heterocycles. The summed E-state index contributed by atoms with van der Waals surface area (Å²) in [5, 5.41) is 42.8. The van der Waals surface area contributed by atoms with Crippen LogP contribution in [0.25, 0.3) is 0 Å². The van der Waals surface area contributed by atoms with Crippen LogP contribution < -0.4 is 0 Å². The zero-order chi connectivity index (χ0) is 31.5. The molecule has 1 saturated carbocycles. The summed E-state index contributed by atoms with van der Waals surface area (Å²) in [5.74, 6) is -1.15. The zero-order valence-corrected chi connectivity index (χ0v) is 26.2. The van der Waals surface area contributed by atoms with Crippen molar-refractivity contribution in [3.8, 4) is 5.75 Å². The van der Waals surface area contributed by atoms with E-state index in [1.165, 1.54) is 6.08 Å². The fourth-order valence-corrected chi connectivity index (χ4v) is 7.53. The number of hydrogen-bond acceptors (Lipinski definition) is 6. The van der Waals surface area contributed by atoms with Crippen molar-refractivity contribution in [3.05, 3.63) is 102 Å². The number of fused-ring (bicyclic) bond motifs is 3. The molecule has 2 aliphatic carbocycles. The Morgan fingerprint density at radius 3 is 2.26 bits per heavy atom. The Balaban J connectivity index is 1.85. The number of aliphatic hydroxyl groups excluding tert-OH is 2. The first-order valence-electron chi connectivity index (χ1n) is 15.3. The first-order valence-corrected chi connectivity index (χ1v) is 15.3. The lowest BCUT2D eigenvalue weighted by molar-refractivity contribution is -0.150. The number of aromatic hydroxyl groups is 1. The normalized spacial score (nSPS) is 41.0. The lowest BCUT2D eigenvalue weighted by Gasteiger charge is -2.47. The number of esters is 1. The molecule has 4 rings (SSSR count). The first-order chi connectivity index (χ1) is 20.2. The maximum atomic E-state index is 13.4. The highest BCUT2D eigenvalue weighted by molar-refractivity contribution is 5.82. The summed E-state index contributed by atoms with van der Waals surface area (Å²) in [5.41, 5.74) is 1.51. The van der Waals surface area contributed by atoms with E-state index in [0.29, 0.717) is 12.8 Å². The number of carbonyl (C=O) groups excluding carboxylic acids is 1. The van der Waals surface area contributed by atoms with Gasteiger partial charge in [-0.15, -0.1) is 0 Å². The summed E-state index contributed by atoms with van der Waals surface area (Å²) in [6.07, 6.45) is 17.2. The number of allylic oxidation sites excluding steroid dienone is 8. The lowest BCUT2D eigenvalue weighted by atomic mass is 9.59. The third kappa shape index (κ3) is 7.49. The third-order valence-corrected chi connectivity index (χ3v) is 9.70. The molecule has 0 bridgehead atoms. The van der Waals surface area contributed by atoms with Crippen LogP contribution in [0, 0.1) is 35.0 Å². The van der Waals surface area contributed by atoms with E-state index in [4.69, 9.17) is 4.74 Å². The van der Waals surface area contributed by atoms with Gasteiger partial charge in [-0.1, -0.05) is 98.7 Å². The monoisotopic (exact) mass is 588 g/mol. The second-order valence-corrected chi connectivity index (χ2v) is 13.6. The molecule has 43 heavy (non-hydrogen) atoms. The van der Waals surface area contributed by atoms with Crippen LogP contribution in [0.3, 0.4) is 0 Å². The van der Waals surface area contributed by atoms with E-state index < -0.39 is 29.9 Å². The number of carbonyl (C=O) groups is 1. The minimum Gasteiger partial charge on any atom is -0.508 e. The molecule has 4 N–H and O–H groups in total. The molecule has 6 nitrogen and oxygen atoms in total. The molecule has 3 aliphatic rings. The number of aliphatic hydroxyl groups is 3. The minimum atomic E-state index is -0.910. The summed E-state index contributed by atoms with van der Waals surface area (Å²) >= 11 is 0. The molecule has 1 aromatic carbocycles. The summed E-state index contributed by atoms with van der Waals surface area (Å²) in [4.78, 5) is 13.4. The van der Waals surface area contributed by atoms with Gasteiger partial charge in [-0.3, -0.25) is 0 Å². The third-order valence-electron chi connectivity index (χ3n) is 9.70. The number of phenolic OH excluding ortho intramolecular Hbond substituents is 1. The van der Waals surface area contributed by atoms with E-state index in [1.54, 1.807) is 49.4 Å². The van der Waals surface area contributed by atoms with Crippen molar-refractivity contribution >= 4 is 5.97 Å². The highest BCUT2D eigenvalue weighted by atomic mass is 16.5. The maximum Gasteiger partial charge on any atom is 0.331 e. The summed E-state index contributed by atoms with van der Waals surface area (Å²) in [6, 6.07) is 6.83. The van der Waals surface area contributed by atoms with Crippen molar-refractivity contribution in [2.45, 2.75) is 78.3 Å². The number of hydrogen-bond donors (Lipinski definition) is 4. The predicted molar refractivity (Wildman–Crippen MR) is 170 cm³/mol. The summed E-state index contributed by atoms with van der Waals surface area (Å²) in [6.45, 7) is 12.0. The van der Waals surface area contributed by atoms with Crippen molar-refractivity contribution < 1.29 is 30.0 Å². The van der Waals surface area contributed by atoms with Crippen LogP contribution in [0.15, 0.2) is 96.2 Å². The van der Waals surface area contributed by atoms with Crippen LogP contribution in [0.1, 0.15) is 66.1 Å². The van der Waals surface area contributed by atoms with Crippen molar-refractivity contribution in [1.82, 2.24) is 0 Å². The highest BCUT2D eigenvalue weighted by Crippen LogP contribution is 2.62. The number of rotatable bonds is 1. The molecule has 9 unspecified atom stereocenters. The Kier molecular flexibility index (Phi) is 10.1. The highest BCUT2D eigenvalue weighted by Gasteiger charge is 2.60. The Morgan fingerprint density at radius 1 is 0.930 bits per heavy atom. The van der Waals surface area contributed by atoms with Gasteiger partial charge in [0.05, 0.1) is 17.8 Å². The molecule has 6 heteroatoms.